The van der Waals surface area contributed by atoms with Crippen molar-refractivity contribution in [2.45, 2.75) is 106 Å². The third-order valence-electron chi connectivity index (χ3n) is 8.10. The summed E-state index contributed by atoms with van der Waals surface area (Å²) in [7, 11) is 1.72. The van der Waals surface area contributed by atoms with E-state index in [4.69, 9.17) is 15.2 Å². The normalized spacial score (nSPS) is 12.4. The number of benzene rings is 1. The number of nitrogens with one attached hydrogen (secondary N) is 1. The Morgan fingerprint density at radius 3 is 2.11 bits per heavy atom. The van der Waals surface area contributed by atoms with Gasteiger partial charge in [-0.1, -0.05) is 72.9 Å². The molecule has 1 aromatic rings. The van der Waals surface area contributed by atoms with E-state index >= 15 is 0 Å². The van der Waals surface area contributed by atoms with Gasteiger partial charge in [0.1, 0.15) is 5.75 Å². The van der Waals surface area contributed by atoms with Crippen LogP contribution >= 0.6 is 0 Å². The summed E-state index contributed by atoms with van der Waals surface area (Å²) < 4.78 is 11.2. The highest BCUT2D eigenvalue weighted by Gasteiger charge is 2.44. The Balaban J connectivity index is 2.69. The molecule has 0 radical (unpaired) electrons. The molecular formula is C32H56N2O4. The molecule has 0 aromatic heterocycles. The molecule has 0 aliphatic carbocycles. The molecule has 218 valence electrons. The summed E-state index contributed by atoms with van der Waals surface area (Å²) in [6, 6.07) is 6.66. The summed E-state index contributed by atoms with van der Waals surface area (Å²) >= 11 is 0. The summed E-state index contributed by atoms with van der Waals surface area (Å²) in [4.78, 5) is 25.2. The quantitative estimate of drug-likeness (QED) is 0.195. The highest BCUT2D eigenvalue weighted by atomic mass is 16.5. The van der Waals surface area contributed by atoms with Crippen molar-refractivity contribution in [2.24, 2.45) is 28.4 Å². The maximum absolute atomic E-state index is 13.5. The molecule has 6 nitrogen and oxygen atoms in total. The van der Waals surface area contributed by atoms with Gasteiger partial charge in [0.2, 0.25) is 11.8 Å². The van der Waals surface area contributed by atoms with Crippen LogP contribution in [0.25, 0.3) is 0 Å². The summed E-state index contributed by atoms with van der Waals surface area (Å²) in [6.07, 6.45) is 7.07. The molecule has 0 saturated carbocycles. The van der Waals surface area contributed by atoms with Gasteiger partial charge in [-0.15, -0.1) is 0 Å². The molecule has 0 atom stereocenters. The van der Waals surface area contributed by atoms with Crippen LogP contribution in [0.3, 0.4) is 0 Å². The molecule has 0 aliphatic heterocycles. The van der Waals surface area contributed by atoms with Crippen molar-refractivity contribution in [3.63, 3.8) is 0 Å². The van der Waals surface area contributed by atoms with Gasteiger partial charge >= 0.3 is 0 Å². The Morgan fingerprint density at radius 1 is 0.921 bits per heavy atom. The number of amides is 2. The van der Waals surface area contributed by atoms with Crippen LogP contribution < -0.4 is 15.8 Å². The predicted molar refractivity (Wildman–Crippen MR) is 157 cm³/mol. The molecule has 0 fully saturated rings. The van der Waals surface area contributed by atoms with Crippen LogP contribution in [0.15, 0.2) is 18.2 Å². The lowest BCUT2D eigenvalue weighted by Crippen LogP contribution is -2.51. The molecule has 0 spiro atoms. The Hall–Kier alpha value is -2.08. The van der Waals surface area contributed by atoms with E-state index in [1.54, 1.807) is 21.0 Å². The second-order valence-corrected chi connectivity index (χ2v) is 12.4. The number of hydrogen-bond donors (Lipinski definition) is 2. The zero-order valence-electron chi connectivity index (χ0n) is 25.7. The minimum Gasteiger partial charge on any atom is -0.493 e. The third kappa shape index (κ3) is 9.91. The molecule has 2 amide bonds. The van der Waals surface area contributed by atoms with Gasteiger partial charge in [0, 0.05) is 26.7 Å². The largest absolute Gasteiger partial charge is 0.493 e. The number of aryl methyl sites for hydroxylation is 1. The Kier molecular flexibility index (Phi) is 14.4. The Morgan fingerprint density at radius 2 is 1.55 bits per heavy atom. The second-order valence-electron chi connectivity index (χ2n) is 12.4. The Labute approximate surface area is 232 Å². The number of methoxy groups -OCH3 is 1. The number of primary amides is 1. The first-order valence-electron chi connectivity index (χ1n) is 14.6. The topological polar surface area (TPSA) is 90.7 Å². The SMILES string of the molecule is COCCCOc1cc(CCCCCCC(C(=O)NCC(C)(C)C(N)=O)(C(C)C)C(C)C)ccc1C(C)C. The highest BCUT2D eigenvalue weighted by Crippen LogP contribution is 2.41. The number of hydrogen-bond acceptors (Lipinski definition) is 4. The monoisotopic (exact) mass is 532 g/mol. The lowest BCUT2D eigenvalue weighted by Gasteiger charge is -2.41. The lowest BCUT2D eigenvalue weighted by molar-refractivity contribution is -0.138. The van der Waals surface area contributed by atoms with E-state index in [0.29, 0.717) is 19.1 Å². The van der Waals surface area contributed by atoms with E-state index in [1.165, 1.54) is 11.1 Å². The average Bonchev–Trinajstić information content (AvgIpc) is 2.84. The minimum absolute atomic E-state index is 0.0418. The fourth-order valence-electron chi connectivity index (χ4n) is 5.26. The van der Waals surface area contributed by atoms with E-state index in [2.05, 4.69) is 65.1 Å². The van der Waals surface area contributed by atoms with Crippen molar-refractivity contribution in [1.82, 2.24) is 5.32 Å². The first-order valence-corrected chi connectivity index (χ1v) is 14.6. The maximum Gasteiger partial charge on any atom is 0.226 e. The zero-order chi connectivity index (χ0) is 28.9. The van der Waals surface area contributed by atoms with Crippen LogP contribution in [0.1, 0.15) is 111 Å². The molecule has 0 aliphatic rings. The smallest absolute Gasteiger partial charge is 0.226 e. The minimum atomic E-state index is -0.766. The molecule has 6 heteroatoms. The fraction of sp³-hybridized carbons (Fsp3) is 0.750. The van der Waals surface area contributed by atoms with E-state index in [-0.39, 0.29) is 24.3 Å². The summed E-state index contributed by atoms with van der Waals surface area (Å²) in [6.45, 7) is 18.1. The zero-order valence-corrected chi connectivity index (χ0v) is 25.7. The molecule has 0 unspecified atom stereocenters. The number of carbonyl (C=O) groups excluding carboxylic acids is 2. The first-order chi connectivity index (χ1) is 17.8. The van der Waals surface area contributed by atoms with Crippen molar-refractivity contribution in [3.8, 4) is 5.75 Å². The maximum atomic E-state index is 13.5. The van der Waals surface area contributed by atoms with Crippen molar-refractivity contribution < 1.29 is 19.1 Å². The van der Waals surface area contributed by atoms with Gasteiger partial charge in [-0.05, 0) is 68.1 Å². The molecular weight excluding hydrogens is 476 g/mol. The van der Waals surface area contributed by atoms with Crippen molar-refractivity contribution in [1.29, 1.82) is 0 Å². The standard InChI is InChI=1S/C32H56N2O4/c1-23(2)27-17-16-26(21-28(27)38-20-14-19-37-9)15-12-10-11-13-18-32(24(3)4,25(5)6)30(36)34-22-31(7,8)29(33)35/h16-17,21,23-25H,10-15,18-20,22H2,1-9H3,(H2,33,35)(H,34,36). The lowest BCUT2D eigenvalue weighted by atomic mass is 9.65. The van der Waals surface area contributed by atoms with Crippen LogP contribution in [0.4, 0.5) is 0 Å². The van der Waals surface area contributed by atoms with E-state index in [9.17, 15) is 9.59 Å². The molecule has 0 saturated heterocycles. The van der Waals surface area contributed by atoms with Gasteiger partial charge in [-0.25, -0.2) is 0 Å². The number of nitrogens with two attached hydrogens (primary N) is 1. The van der Waals surface area contributed by atoms with Crippen LogP contribution in [0, 0.1) is 22.7 Å². The Bertz CT molecular complexity index is 853. The van der Waals surface area contributed by atoms with E-state index < -0.39 is 16.7 Å². The summed E-state index contributed by atoms with van der Waals surface area (Å²) in [5.41, 5.74) is 6.85. The molecule has 0 heterocycles. The fourth-order valence-corrected chi connectivity index (χ4v) is 5.26. The number of carbonyl (C=O) groups is 2. The molecule has 0 bridgehead atoms. The van der Waals surface area contributed by atoms with Gasteiger partial charge < -0.3 is 20.5 Å². The first kappa shape index (κ1) is 33.9. The van der Waals surface area contributed by atoms with Crippen molar-refractivity contribution in [3.05, 3.63) is 29.3 Å². The van der Waals surface area contributed by atoms with Crippen molar-refractivity contribution >= 4 is 11.8 Å². The molecule has 1 rings (SSSR count). The van der Waals surface area contributed by atoms with Crippen LogP contribution in [0.2, 0.25) is 0 Å². The molecule has 1 aromatic carbocycles. The number of rotatable bonds is 19. The molecule has 38 heavy (non-hydrogen) atoms. The third-order valence-corrected chi connectivity index (χ3v) is 8.10. The van der Waals surface area contributed by atoms with Crippen LogP contribution in [0.5, 0.6) is 5.75 Å². The van der Waals surface area contributed by atoms with Gasteiger partial charge in [0.25, 0.3) is 0 Å². The number of ether oxygens (including phenoxy) is 2. The second kappa shape index (κ2) is 16.1. The number of unbranched alkanes of at least 4 members (excludes halogenated alkanes) is 3. The van der Waals surface area contributed by atoms with E-state index in [1.807, 2.05) is 0 Å². The molecule has 3 N–H and O–H groups in total. The summed E-state index contributed by atoms with van der Waals surface area (Å²) in [5, 5.41) is 3.06. The van der Waals surface area contributed by atoms with Gasteiger partial charge in [-0.2, -0.15) is 0 Å². The van der Waals surface area contributed by atoms with Crippen LogP contribution in [-0.2, 0) is 20.7 Å². The average molecular weight is 533 g/mol. The highest BCUT2D eigenvalue weighted by molar-refractivity contribution is 5.85. The predicted octanol–water partition coefficient (Wildman–Crippen LogP) is 6.64. The van der Waals surface area contributed by atoms with E-state index in [0.717, 1.165) is 50.7 Å². The van der Waals surface area contributed by atoms with Gasteiger partial charge in [-0.3, -0.25) is 9.59 Å². The van der Waals surface area contributed by atoms with Crippen molar-refractivity contribution in [2.75, 3.05) is 26.9 Å². The van der Waals surface area contributed by atoms with Crippen LogP contribution in [-0.4, -0.2) is 38.7 Å². The summed E-state index contributed by atoms with van der Waals surface area (Å²) in [5.74, 6) is 1.45. The van der Waals surface area contributed by atoms with Gasteiger partial charge in [0.05, 0.1) is 17.4 Å². The van der Waals surface area contributed by atoms with Gasteiger partial charge in [0.15, 0.2) is 0 Å².